The summed E-state index contributed by atoms with van der Waals surface area (Å²) in [6, 6.07) is 0. The van der Waals surface area contributed by atoms with Crippen LogP contribution in [0.15, 0.2) is 0 Å². The zero-order valence-electron chi connectivity index (χ0n) is 18.6. The molecule has 0 atom stereocenters. The van der Waals surface area contributed by atoms with Crippen molar-refractivity contribution in [2.24, 2.45) is 0 Å². The lowest BCUT2D eigenvalue weighted by atomic mass is 10.3. The number of nitrogens with zero attached hydrogens (tertiary/aromatic N) is 2. The molecule has 0 fully saturated rings. The molecule has 0 aliphatic rings. The smallest absolute Gasteiger partial charge is 0.0757 e. The molecule has 176 valence electrons. The highest BCUT2D eigenvalue weighted by atomic mass is 35.7. The van der Waals surface area contributed by atoms with Crippen LogP contribution < -0.4 is 37.3 Å². The number of quaternary nitrogens is 2. The summed E-state index contributed by atoms with van der Waals surface area (Å²) in [6.45, 7) is 28.4. The monoisotopic (exact) mass is 458 g/mol. The van der Waals surface area contributed by atoms with E-state index in [0.717, 1.165) is 0 Å². The normalized spacial score (nSPS) is 12.0. The lowest BCUT2D eigenvalue weighted by Gasteiger charge is -2.34. The lowest BCUT2D eigenvalue weighted by Crippen LogP contribution is -2.68. The van der Waals surface area contributed by atoms with E-state index in [1.807, 2.05) is 0 Å². The minimum absolute atomic E-state index is 1.28. The van der Waals surface area contributed by atoms with Crippen LogP contribution in [-0.2, 0) is 0 Å². The fraction of sp³-hybridized carbons (Fsp3) is 1.00. The van der Waals surface area contributed by atoms with Crippen LogP contribution in [0.4, 0.5) is 0 Å². The van der Waals surface area contributed by atoms with E-state index in [1.165, 1.54) is 61.3 Å². The van der Waals surface area contributed by atoms with Crippen molar-refractivity contribution in [3.8, 4) is 0 Å². The van der Waals surface area contributed by atoms with E-state index in [-0.39, 0.29) is 0 Å². The van der Waals surface area contributed by atoms with Gasteiger partial charge in [0.1, 0.15) is 0 Å². The molecule has 0 bridgehead atoms. The van der Waals surface area contributed by atoms with Crippen molar-refractivity contribution in [1.29, 1.82) is 0 Å². The van der Waals surface area contributed by atoms with Crippen LogP contribution >= 0.6 is 0 Å². The van der Waals surface area contributed by atoms with Crippen molar-refractivity contribution in [3.05, 3.63) is 0 Å². The van der Waals surface area contributed by atoms with Gasteiger partial charge in [-0.25, -0.2) is 37.3 Å². The molecule has 0 radical (unpaired) electrons. The van der Waals surface area contributed by atoms with Crippen molar-refractivity contribution >= 4 is 0 Å². The van der Waals surface area contributed by atoms with Crippen LogP contribution in [0.2, 0.25) is 0 Å². The van der Waals surface area contributed by atoms with Gasteiger partial charge in [-0.15, -0.1) is 20.5 Å². The Balaban J connectivity index is -0.000000143. The Kier molecular flexibility index (Phi) is 22.9. The number of hydrogen-bond donors (Lipinski definition) is 0. The van der Waals surface area contributed by atoms with Gasteiger partial charge < -0.3 is 8.97 Å². The molecule has 0 aromatic carbocycles. The topological polar surface area (TPSA) is 184 Å². The number of hydrogen-bond acceptors (Lipinski definition) is 8. The van der Waals surface area contributed by atoms with E-state index < -0.39 is 20.5 Å². The average molecular weight is 459 g/mol. The summed E-state index contributed by atoms with van der Waals surface area (Å²) < 4.78 is 70.5. The van der Waals surface area contributed by atoms with Gasteiger partial charge in [0.15, 0.2) is 0 Å². The fourth-order valence-electron chi connectivity index (χ4n) is 2.68. The van der Waals surface area contributed by atoms with Crippen molar-refractivity contribution in [2.45, 2.75) is 55.4 Å². The summed E-state index contributed by atoms with van der Waals surface area (Å²) >= 11 is 0. The Morgan fingerprint density at radius 1 is 0.357 bits per heavy atom. The van der Waals surface area contributed by atoms with E-state index in [9.17, 15) is 0 Å². The van der Waals surface area contributed by atoms with Gasteiger partial charge in [0.2, 0.25) is 0 Å². The lowest BCUT2D eigenvalue weighted by molar-refractivity contribution is -2.00. The molecule has 0 saturated carbocycles. The van der Waals surface area contributed by atoms with E-state index in [1.54, 1.807) is 0 Å². The van der Waals surface area contributed by atoms with Gasteiger partial charge in [0, 0.05) is 0 Å². The van der Waals surface area contributed by atoms with Gasteiger partial charge in [-0.2, -0.15) is 0 Å². The maximum Gasteiger partial charge on any atom is 0.0757 e. The third-order valence-electron chi connectivity index (χ3n) is 5.37. The van der Waals surface area contributed by atoms with Gasteiger partial charge in [-0.1, -0.05) is 0 Å². The largest absolute Gasteiger partial charge is 0.325 e. The summed E-state index contributed by atoms with van der Waals surface area (Å²) in [4.78, 5) is 0. The number of rotatable bonds is 8. The molecule has 0 heterocycles. The minimum Gasteiger partial charge on any atom is -0.325 e. The number of halogens is 2. The molecule has 0 aromatic rings. The SMILES string of the molecule is CC[N+](CC)(CC)CC.CC[N+](CC)(CC)CC.[O-][Cl+3]([O-])([O-])[O-].[O-][Cl+3]([O-])([O-])[O-]. The molecule has 0 unspecified atom stereocenters. The van der Waals surface area contributed by atoms with Crippen molar-refractivity contribution in [3.63, 3.8) is 0 Å². The maximum atomic E-state index is 8.49. The van der Waals surface area contributed by atoms with E-state index >= 15 is 0 Å². The second-order valence-corrected chi connectivity index (χ2v) is 7.48. The van der Waals surface area contributed by atoms with Crippen molar-refractivity contribution < 1.29 is 66.7 Å². The predicted octanol–water partition coefficient (Wildman–Crippen LogP) is -5.75. The third-order valence-corrected chi connectivity index (χ3v) is 5.37. The molecule has 12 heteroatoms. The van der Waals surface area contributed by atoms with E-state index in [0.29, 0.717) is 0 Å². The molecular formula is C16H40Cl2N2O8. The summed E-state index contributed by atoms with van der Waals surface area (Å²) in [5, 5.41) is 0. The fourth-order valence-corrected chi connectivity index (χ4v) is 2.68. The highest BCUT2D eigenvalue weighted by Gasteiger charge is 2.16. The highest BCUT2D eigenvalue weighted by Crippen LogP contribution is 2.03. The van der Waals surface area contributed by atoms with Gasteiger partial charge in [-0.3, -0.25) is 0 Å². The summed E-state index contributed by atoms with van der Waals surface area (Å²) in [6.07, 6.45) is 0. The first-order chi connectivity index (χ1) is 12.5. The summed E-state index contributed by atoms with van der Waals surface area (Å²) in [5.74, 6) is 0. The Bertz CT molecular complexity index is 253. The molecule has 0 aliphatic carbocycles. The Hall–Kier alpha value is 0.180. The van der Waals surface area contributed by atoms with Gasteiger partial charge in [0.05, 0.1) is 52.4 Å². The van der Waals surface area contributed by atoms with Crippen LogP contribution in [0.5, 0.6) is 0 Å². The second kappa shape index (κ2) is 18.0. The Labute approximate surface area is 174 Å². The van der Waals surface area contributed by atoms with Crippen molar-refractivity contribution in [1.82, 2.24) is 0 Å². The molecule has 0 spiro atoms. The molecule has 0 N–H and O–H groups in total. The van der Waals surface area contributed by atoms with Crippen LogP contribution in [0, 0.1) is 20.5 Å². The Morgan fingerprint density at radius 3 is 0.429 bits per heavy atom. The molecule has 0 aliphatic heterocycles. The van der Waals surface area contributed by atoms with Gasteiger partial charge in [0.25, 0.3) is 0 Å². The predicted molar refractivity (Wildman–Crippen MR) is 84.8 cm³/mol. The van der Waals surface area contributed by atoms with Crippen LogP contribution in [-0.4, -0.2) is 61.3 Å². The molecule has 0 amide bonds. The highest BCUT2D eigenvalue weighted by molar-refractivity contribution is 4.31. The zero-order valence-corrected chi connectivity index (χ0v) is 20.1. The standard InChI is InChI=1S/2C8H20N.2ClHO4/c2*1-5-9(6-2,7-3)8-4;2*2-1(3,4)5/h2*5-8H2,1-4H3;2*(H,2,3,4,5)/q2*+1;;/p-2. The molecule has 28 heavy (non-hydrogen) atoms. The summed E-state index contributed by atoms with van der Waals surface area (Å²) in [5.41, 5.74) is 0. The minimum atomic E-state index is -4.94. The average Bonchev–Trinajstić information content (AvgIpc) is 2.58. The van der Waals surface area contributed by atoms with E-state index in [4.69, 9.17) is 37.3 Å². The van der Waals surface area contributed by atoms with Crippen LogP contribution in [0.25, 0.3) is 0 Å². The van der Waals surface area contributed by atoms with E-state index in [2.05, 4.69) is 55.4 Å². The van der Waals surface area contributed by atoms with Gasteiger partial charge in [-0.05, 0) is 55.4 Å². The van der Waals surface area contributed by atoms with Gasteiger partial charge >= 0.3 is 0 Å². The summed E-state index contributed by atoms with van der Waals surface area (Å²) in [7, 11) is -9.89. The molecule has 10 nitrogen and oxygen atoms in total. The molecule has 0 rings (SSSR count). The first kappa shape index (κ1) is 35.6. The Morgan fingerprint density at radius 2 is 0.429 bits per heavy atom. The second-order valence-electron chi connectivity index (χ2n) is 5.97. The maximum absolute atomic E-state index is 8.49. The van der Waals surface area contributed by atoms with Crippen LogP contribution in [0.3, 0.4) is 0 Å². The first-order valence-electron chi connectivity index (χ1n) is 9.42. The van der Waals surface area contributed by atoms with Crippen LogP contribution in [0.1, 0.15) is 55.4 Å². The molecule has 0 saturated heterocycles. The van der Waals surface area contributed by atoms with Crippen molar-refractivity contribution in [2.75, 3.05) is 52.4 Å². The zero-order chi connectivity index (χ0) is 23.7. The molecule has 0 aromatic heterocycles. The third kappa shape index (κ3) is 28.4. The molecular weight excluding hydrogens is 419 g/mol. The first-order valence-corrected chi connectivity index (χ1v) is 11.9. The quantitative estimate of drug-likeness (QED) is 0.321.